The summed E-state index contributed by atoms with van der Waals surface area (Å²) in [7, 11) is 0. The number of nitrogens with zero attached hydrogens (tertiary/aromatic N) is 1. The molecule has 2 atom stereocenters. The molecule has 0 fully saturated rings. The zero-order valence-corrected chi connectivity index (χ0v) is 14.2. The number of aromatic nitrogens is 1. The molecule has 0 saturated carbocycles. The van der Waals surface area contributed by atoms with Gasteiger partial charge >= 0.3 is 6.03 Å². The van der Waals surface area contributed by atoms with Gasteiger partial charge in [-0.25, -0.2) is 4.79 Å². The molecule has 0 aliphatic heterocycles. The van der Waals surface area contributed by atoms with E-state index in [1.165, 1.54) is 0 Å². The largest absolute Gasteiger partial charge is 0.396 e. The number of aliphatic hydroxyl groups is 1. The lowest BCUT2D eigenvalue weighted by Gasteiger charge is -2.17. The van der Waals surface area contributed by atoms with Crippen LogP contribution in [0, 0.1) is 5.92 Å². The zero-order chi connectivity index (χ0) is 17.4. The molecule has 1 heterocycles. The molecule has 2 unspecified atom stereocenters. The molecule has 0 spiro atoms. The molecule has 0 aliphatic carbocycles. The van der Waals surface area contributed by atoms with Crippen LogP contribution in [0.3, 0.4) is 0 Å². The van der Waals surface area contributed by atoms with Crippen molar-refractivity contribution >= 4 is 6.03 Å². The summed E-state index contributed by atoms with van der Waals surface area (Å²) in [5.41, 5.74) is 3.21. The van der Waals surface area contributed by atoms with Gasteiger partial charge in [0.15, 0.2) is 0 Å². The molecule has 0 aliphatic rings. The lowest BCUT2D eigenvalue weighted by Crippen LogP contribution is -2.39. The van der Waals surface area contributed by atoms with E-state index in [4.69, 9.17) is 5.11 Å². The molecular weight excluding hydrogens is 302 g/mol. The normalized spacial score (nSPS) is 13.1. The molecule has 3 N–H and O–H groups in total. The summed E-state index contributed by atoms with van der Waals surface area (Å²) >= 11 is 0. The number of pyridine rings is 1. The summed E-state index contributed by atoms with van der Waals surface area (Å²) in [4.78, 5) is 16.1. The Morgan fingerprint density at radius 2 is 1.92 bits per heavy atom. The van der Waals surface area contributed by atoms with E-state index in [-0.39, 0.29) is 24.6 Å². The van der Waals surface area contributed by atoms with Crippen LogP contribution in [0.1, 0.15) is 31.9 Å². The highest BCUT2D eigenvalue weighted by atomic mass is 16.3. The van der Waals surface area contributed by atoms with Crippen LogP contribution in [0.15, 0.2) is 48.8 Å². The van der Waals surface area contributed by atoms with Crippen molar-refractivity contribution in [3.8, 4) is 11.1 Å². The minimum absolute atomic E-state index is 0.0823. The number of aliphatic hydroxyl groups excluding tert-OH is 1. The van der Waals surface area contributed by atoms with Gasteiger partial charge in [0, 0.05) is 25.5 Å². The van der Waals surface area contributed by atoms with Crippen LogP contribution in [0.5, 0.6) is 0 Å². The van der Waals surface area contributed by atoms with Crippen LogP contribution in [0.25, 0.3) is 11.1 Å². The van der Waals surface area contributed by atoms with E-state index in [0.717, 1.165) is 16.7 Å². The summed E-state index contributed by atoms with van der Waals surface area (Å²) in [5, 5.41) is 14.6. The van der Waals surface area contributed by atoms with Gasteiger partial charge in [0.2, 0.25) is 0 Å². The minimum Gasteiger partial charge on any atom is -0.396 e. The molecular formula is C19H25N3O2. The van der Waals surface area contributed by atoms with Crippen molar-refractivity contribution in [2.75, 3.05) is 13.2 Å². The monoisotopic (exact) mass is 327 g/mol. The van der Waals surface area contributed by atoms with Crippen LogP contribution in [-0.2, 0) is 0 Å². The van der Waals surface area contributed by atoms with E-state index in [9.17, 15) is 4.79 Å². The van der Waals surface area contributed by atoms with Crippen molar-refractivity contribution in [1.82, 2.24) is 15.6 Å². The molecule has 128 valence electrons. The minimum atomic E-state index is -0.191. The number of urea groups is 1. The lowest BCUT2D eigenvalue weighted by molar-refractivity contribution is 0.231. The maximum Gasteiger partial charge on any atom is 0.315 e. The summed E-state index contributed by atoms with van der Waals surface area (Å²) in [6.45, 7) is 4.65. The number of rotatable bonds is 7. The van der Waals surface area contributed by atoms with Gasteiger partial charge in [-0.15, -0.1) is 0 Å². The Hall–Kier alpha value is -2.40. The van der Waals surface area contributed by atoms with E-state index in [0.29, 0.717) is 13.0 Å². The molecule has 1 aromatic heterocycles. The Kier molecular flexibility index (Phi) is 6.75. The first-order valence-electron chi connectivity index (χ1n) is 8.25. The quantitative estimate of drug-likeness (QED) is 0.731. The van der Waals surface area contributed by atoms with Gasteiger partial charge in [-0.3, -0.25) is 4.98 Å². The predicted molar refractivity (Wildman–Crippen MR) is 95.5 cm³/mol. The number of carbonyl (C=O) groups is 1. The number of carbonyl (C=O) groups excluding carboxylic acids is 1. The molecule has 2 amide bonds. The highest BCUT2D eigenvalue weighted by Gasteiger charge is 2.10. The van der Waals surface area contributed by atoms with Crippen molar-refractivity contribution < 1.29 is 9.90 Å². The van der Waals surface area contributed by atoms with E-state index >= 15 is 0 Å². The molecule has 1 aromatic carbocycles. The van der Waals surface area contributed by atoms with Crippen molar-refractivity contribution in [2.45, 2.75) is 26.3 Å². The fraction of sp³-hybridized carbons (Fsp3) is 0.368. The van der Waals surface area contributed by atoms with E-state index in [2.05, 4.69) is 15.6 Å². The van der Waals surface area contributed by atoms with E-state index in [1.807, 2.05) is 56.4 Å². The van der Waals surface area contributed by atoms with Gasteiger partial charge in [-0.1, -0.05) is 37.3 Å². The summed E-state index contributed by atoms with van der Waals surface area (Å²) in [6, 6.07) is 11.8. The van der Waals surface area contributed by atoms with Gasteiger partial charge in [-0.05, 0) is 42.0 Å². The smallest absolute Gasteiger partial charge is 0.315 e. The Morgan fingerprint density at radius 1 is 1.17 bits per heavy atom. The van der Waals surface area contributed by atoms with Crippen LogP contribution >= 0.6 is 0 Å². The number of nitrogens with one attached hydrogen (secondary N) is 2. The van der Waals surface area contributed by atoms with E-state index in [1.54, 1.807) is 6.20 Å². The third-order valence-corrected chi connectivity index (χ3v) is 3.99. The summed E-state index contributed by atoms with van der Waals surface area (Å²) in [5.74, 6) is 0.259. The maximum atomic E-state index is 11.9. The summed E-state index contributed by atoms with van der Waals surface area (Å²) < 4.78 is 0. The second-order valence-corrected chi connectivity index (χ2v) is 6.06. The number of benzene rings is 1. The first-order chi connectivity index (χ1) is 11.6. The van der Waals surface area contributed by atoms with Crippen molar-refractivity contribution in [3.05, 3.63) is 54.4 Å². The van der Waals surface area contributed by atoms with Crippen LogP contribution in [0.4, 0.5) is 4.79 Å². The van der Waals surface area contributed by atoms with E-state index < -0.39 is 0 Å². The number of hydrogen-bond donors (Lipinski definition) is 3. The Morgan fingerprint density at radius 3 is 2.54 bits per heavy atom. The topological polar surface area (TPSA) is 74.2 Å². The fourth-order valence-electron chi connectivity index (χ4n) is 2.42. The Labute approximate surface area is 143 Å². The molecule has 2 rings (SSSR count). The van der Waals surface area contributed by atoms with Gasteiger partial charge < -0.3 is 15.7 Å². The van der Waals surface area contributed by atoms with Gasteiger partial charge in [0.05, 0.1) is 6.04 Å². The average molecular weight is 327 g/mol. The second-order valence-electron chi connectivity index (χ2n) is 6.06. The molecule has 5 heteroatoms. The molecule has 24 heavy (non-hydrogen) atoms. The van der Waals surface area contributed by atoms with Crippen LogP contribution < -0.4 is 10.6 Å². The van der Waals surface area contributed by atoms with Crippen LogP contribution in [0.2, 0.25) is 0 Å². The maximum absolute atomic E-state index is 11.9. The number of hydrogen-bond acceptors (Lipinski definition) is 3. The van der Waals surface area contributed by atoms with Crippen molar-refractivity contribution in [2.24, 2.45) is 5.92 Å². The Bertz CT molecular complexity index is 629. The third-order valence-electron chi connectivity index (χ3n) is 3.99. The number of amides is 2. The highest BCUT2D eigenvalue weighted by molar-refractivity contribution is 5.74. The second kappa shape index (κ2) is 9.03. The molecule has 5 nitrogen and oxygen atoms in total. The first kappa shape index (κ1) is 17.9. The predicted octanol–water partition coefficient (Wildman–Crippen LogP) is 3.13. The van der Waals surface area contributed by atoms with Crippen molar-refractivity contribution in [1.29, 1.82) is 0 Å². The van der Waals surface area contributed by atoms with Gasteiger partial charge in [0.1, 0.15) is 0 Å². The lowest BCUT2D eigenvalue weighted by atomic mass is 10.0. The molecule has 2 aromatic rings. The third kappa shape index (κ3) is 5.35. The molecule has 0 saturated heterocycles. The fourth-order valence-corrected chi connectivity index (χ4v) is 2.42. The average Bonchev–Trinajstić information content (AvgIpc) is 2.61. The van der Waals surface area contributed by atoms with Crippen molar-refractivity contribution in [3.63, 3.8) is 0 Å². The van der Waals surface area contributed by atoms with Crippen LogP contribution in [-0.4, -0.2) is 29.3 Å². The standard InChI is InChI=1S/C19H25N3O2/c1-14(9-11-23)12-21-19(24)22-15(2)16-5-7-17(8-6-16)18-4-3-10-20-13-18/h3-8,10,13-15,23H,9,11-12H2,1-2H3,(H2,21,22,24). The highest BCUT2D eigenvalue weighted by Crippen LogP contribution is 2.21. The first-order valence-corrected chi connectivity index (χ1v) is 8.25. The SMILES string of the molecule is CC(CCO)CNC(=O)NC(C)c1ccc(-c2cccnc2)cc1. The molecule has 0 bridgehead atoms. The van der Waals surface area contributed by atoms with Gasteiger partial charge in [0.25, 0.3) is 0 Å². The zero-order valence-electron chi connectivity index (χ0n) is 14.2. The Balaban J connectivity index is 1.88. The summed E-state index contributed by atoms with van der Waals surface area (Å²) in [6.07, 6.45) is 4.27. The molecule has 0 radical (unpaired) electrons. The van der Waals surface area contributed by atoms with Gasteiger partial charge in [-0.2, -0.15) is 0 Å².